The fraction of sp³-hybridized carbons (Fsp3) is 1.00. The number of ether oxygens (including phenoxy) is 2. The minimum absolute atomic E-state index is 0.341. The van der Waals surface area contributed by atoms with E-state index < -0.39 is 0 Å². The van der Waals surface area contributed by atoms with E-state index in [1.54, 1.807) is 0 Å². The zero-order valence-corrected chi connectivity index (χ0v) is 8.38. The molecular weight excluding hydrogens is 152 g/mol. The van der Waals surface area contributed by atoms with Crippen LogP contribution in [0.4, 0.5) is 0 Å². The molecule has 1 aliphatic rings. The van der Waals surface area contributed by atoms with E-state index in [-0.39, 0.29) is 0 Å². The molecule has 1 aliphatic heterocycles. The Morgan fingerprint density at radius 3 is 2.17 bits per heavy atom. The Labute approximate surface area is 75.2 Å². The van der Waals surface area contributed by atoms with Gasteiger partial charge in [0.25, 0.3) is 0 Å². The third kappa shape index (κ3) is 3.11. The summed E-state index contributed by atoms with van der Waals surface area (Å²) in [7, 11) is 0. The standard InChI is InChI=1S/C10H20O2/c1-4-9-6-12-10(7-11-9)5-8(2)3/h8-10H,4-7H2,1-3H3. The first kappa shape index (κ1) is 10.0. The predicted molar refractivity (Wildman–Crippen MR) is 49.2 cm³/mol. The quantitative estimate of drug-likeness (QED) is 0.650. The lowest BCUT2D eigenvalue weighted by molar-refractivity contribution is -0.138. The van der Waals surface area contributed by atoms with E-state index >= 15 is 0 Å². The molecule has 0 N–H and O–H groups in total. The maximum atomic E-state index is 5.67. The Morgan fingerprint density at radius 2 is 1.75 bits per heavy atom. The minimum Gasteiger partial charge on any atom is -0.373 e. The van der Waals surface area contributed by atoms with Crippen LogP contribution in [0.15, 0.2) is 0 Å². The van der Waals surface area contributed by atoms with Crippen LogP contribution in [0.1, 0.15) is 33.6 Å². The first-order chi connectivity index (χ1) is 5.72. The van der Waals surface area contributed by atoms with E-state index in [2.05, 4.69) is 20.8 Å². The number of rotatable bonds is 3. The molecule has 1 saturated heterocycles. The Hall–Kier alpha value is -0.0800. The van der Waals surface area contributed by atoms with Crippen molar-refractivity contribution in [2.45, 2.75) is 45.8 Å². The molecule has 72 valence electrons. The molecule has 0 aromatic rings. The highest BCUT2D eigenvalue weighted by atomic mass is 16.6. The van der Waals surface area contributed by atoms with E-state index in [4.69, 9.17) is 9.47 Å². The SMILES string of the molecule is CCC1COC(CC(C)C)CO1. The molecule has 0 aromatic carbocycles. The Balaban J connectivity index is 2.17. The zero-order chi connectivity index (χ0) is 8.97. The summed E-state index contributed by atoms with van der Waals surface area (Å²) >= 11 is 0. The molecule has 0 amide bonds. The molecule has 1 rings (SSSR count). The molecule has 0 bridgehead atoms. The zero-order valence-electron chi connectivity index (χ0n) is 8.38. The van der Waals surface area contributed by atoms with Crippen molar-refractivity contribution in [1.29, 1.82) is 0 Å². The highest BCUT2D eigenvalue weighted by Crippen LogP contribution is 2.15. The van der Waals surface area contributed by atoms with Gasteiger partial charge in [-0.2, -0.15) is 0 Å². The van der Waals surface area contributed by atoms with Crippen molar-refractivity contribution in [2.24, 2.45) is 5.92 Å². The summed E-state index contributed by atoms with van der Waals surface area (Å²) in [6.07, 6.45) is 2.87. The normalized spacial score (nSPS) is 31.0. The summed E-state index contributed by atoms with van der Waals surface area (Å²) in [6.45, 7) is 8.14. The number of hydrogen-bond acceptors (Lipinski definition) is 2. The Bertz CT molecular complexity index is 115. The van der Waals surface area contributed by atoms with Crippen LogP contribution in [0.2, 0.25) is 0 Å². The molecule has 2 atom stereocenters. The second kappa shape index (κ2) is 4.83. The molecule has 1 heterocycles. The van der Waals surface area contributed by atoms with Crippen LogP contribution in [-0.2, 0) is 9.47 Å². The van der Waals surface area contributed by atoms with E-state index in [0.29, 0.717) is 18.1 Å². The smallest absolute Gasteiger partial charge is 0.0812 e. The van der Waals surface area contributed by atoms with Gasteiger partial charge in [-0.25, -0.2) is 0 Å². The molecule has 2 unspecified atom stereocenters. The fourth-order valence-electron chi connectivity index (χ4n) is 1.48. The van der Waals surface area contributed by atoms with Crippen molar-refractivity contribution in [3.05, 3.63) is 0 Å². The Kier molecular flexibility index (Phi) is 4.02. The van der Waals surface area contributed by atoms with E-state index in [1.165, 1.54) is 0 Å². The third-order valence-electron chi connectivity index (χ3n) is 2.23. The predicted octanol–water partition coefficient (Wildman–Crippen LogP) is 2.23. The van der Waals surface area contributed by atoms with Crippen molar-refractivity contribution in [2.75, 3.05) is 13.2 Å². The lowest BCUT2D eigenvalue weighted by Crippen LogP contribution is -2.35. The maximum Gasteiger partial charge on any atom is 0.0812 e. The van der Waals surface area contributed by atoms with Crippen LogP contribution in [0.5, 0.6) is 0 Å². The highest BCUT2D eigenvalue weighted by molar-refractivity contribution is 4.67. The summed E-state index contributed by atoms with van der Waals surface area (Å²) in [4.78, 5) is 0. The first-order valence-corrected chi connectivity index (χ1v) is 4.95. The molecule has 2 nitrogen and oxygen atoms in total. The molecule has 0 radical (unpaired) electrons. The van der Waals surface area contributed by atoms with Crippen molar-refractivity contribution >= 4 is 0 Å². The summed E-state index contributed by atoms with van der Waals surface area (Å²) in [6, 6.07) is 0. The highest BCUT2D eigenvalue weighted by Gasteiger charge is 2.21. The van der Waals surface area contributed by atoms with E-state index in [9.17, 15) is 0 Å². The van der Waals surface area contributed by atoms with Crippen molar-refractivity contribution in [3.63, 3.8) is 0 Å². The van der Waals surface area contributed by atoms with Gasteiger partial charge in [-0.15, -0.1) is 0 Å². The van der Waals surface area contributed by atoms with Gasteiger partial charge in [-0.05, 0) is 18.8 Å². The molecular formula is C10H20O2. The molecule has 2 heteroatoms. The lowest BCUT2D eigenvalue weighted by Gasteiger charge is -2.29. The van der Waals surface area contributed by atoms with Gasteiger partial charge in [0.15, 0.2) is 0 Å². The summed E-state index contributed by atoms with van der Waals surface area (Å²) in [5.74, 6) is 0.705. The Morgan fingerprint density at radius 1 is 1.17 bits per heavy atom. The second-order valence-electron chi connectivity index (χ2n) is 3.95. The van der Waals surface area contributed by atoms with Crippen molar-refractivity contribution in [1.82, 2.24) is 0 Å². The van der Waals surface area contributed by atoms with Gasteiger partial charge in [0, 0.05) is 0 Å². The minimum atomic E-state index is 0.341. The number of hydrogen-bond donors (Lipinski definition) is 0. The fourth-order valence-corrected chi connectivity index (χ4v) is 1.48. The third-order valence-corrected chi connectivity index (χ3v) is 2.23. The molecule has 12 heavy (non-hydrogen) atoms. The first-order valence-electron chi connectivity index (χ1n) is 4.95. The van der Waals surface area contributed by atoms with Crippen LogP contribution < -0.4 is 0 Å². The summed E-state index contributed by atoms with van der Waals surface area (Å²) < 4.78 is 11.3. The monoisotopic (exact) mass is 172 g/mol. The van der Waals surface area contributed by atoms with Gasteiger partial charge >= 0.3 is 0 Å². The van der Waals surface area contributed by atoms with Gasteiger partial charge in [-0.3, -0.25) is 0 Å². The molecule has 0 aromatic heterocycles. The molecule has 0 aliphatic carbocycles. The van der Waals surface area contributed by atoms with E-state index in [0.717, 1.165) is 26.1 Å². The van der Waals surface area contributed by atoms with Crippen LogP contribution in [0.3, 0.4) is 0 Å². The van der Waals surface area contributed by atoms with Crippen LogP contribution in [-0.4, -0.2) is 25.4 Å². The van der Waals surface area contributed by atoms with Crippen molar-refractivity contribution in [3.8, 4) is 0 Å². The largest absolute Gasteiger partial charge is 0.373 e. The van der Waals surface area contributed by atoms with Gasteiger partial charge in [-0.1, -0.05) is 20.8 Å². The van der Waals surface area contributed by atoms with Gasteiger partial charge < -0.3 is 9.47 Å². The van der Waals surface area contributed by atoms with Gasteiger partial charge in [0.05, 0.1) is 25.4 Å². The van der Waals surface area contributed by atoms with Crippen molar-refractivity contribution < 1.29 is 9.47 Å². The molecule has 0 spiro atoms. The van der Waals surface area contributed by atoms with Crippen LogP contribution >= 0.6 is 0 Å². The second-order valence-corrected chi connectivity index (χ2v) is 3.95. The van der Waals surface area contributed by atoms with Gasteiger partial charge in [0.1, 0.15) is 0 Å². The lowest BCUT2D eigenvalue weighted by atomic mass is 10.1. The van der Waals surface area contributed by atoms with Crippen LogP contribution in [0, 0.1) is 5.92 Å². The summed E-state index contributed by atoms with van der Waals surface area (Å²) in [5, 5.41) is 0. The van der Waals surface area contributed by atoms with Crippen LogP contribution in [0.25, 0.3) is 0 Å². The van der Waals surface area contributed by atoms with Gasteiger partial charge in [0.2, 0.25) is 0 Å². The average molecular weight is 172 g/mol. The molecule has 1 fully saturated rings. The average Bonchev–Trinajstić information content (AvgIpc) is 2.05. The molecule has 0 saturated carbocycles. The summed E-state index contributed by atoms with van der Waals surface area (Å²) in [5.41, 5.74) is 0. The van der Waals surface area contributed by atoms with E-state index in [1.807, 2.05) is 0 Å². The maximum absolute atomic E-state index is 5.67. The topological polar surface area (TPSA) is 18.5 Å².